The summed E-state index contributed by atoms with van der Waals surface area (Å²) in [5.41, 5.74) is 2.94. The minimum absolute atomic E-state index is 0.0827. The van der Waals surface area contributed by atoms with Crippen molar-refractivity contribution < 1.29 is 4.39 Å². The van der Waals surface area contributed by atoms with E-state index in [-0.39, 0.29) is 11.4 Å². The minimum Gasteiger partial charge on any atom is -0.357 e. The summed E-state index contributed by atoms with van der Waals surface area (Å²) in [4.78, 5) is 19.7. The first-order valence-electron chi connectivity index (χ1n) is 7.78. The number of hydrogen-bond donors (Lipinski definition) is 2. The number of aromatic nitrogens is 3. The number of nitrogens with one attached hydrogen (secondary N) is 2. The van der Waals surface area contributed by atoms with Crippen molar-refractivity contribution >= 4 is 22.4 Å². The van der Waals surface area contributed by atoms with Crippen molar-refractivity contribution in [3.8, 4) is 11.1 Å². The fraction of sp³-hybridized carbons (Fsp3) is 0.0526. The van der Waals surface area contributed by atoms with Crippen molar-refractivity contribution in [1.82, 2.24) is 14.5 Å². The van der Waals surface area contributed by atoms with Gasteiger partial charge in [-0.2, -0.15) is 0 Å². The average Bonchev–Trinajstić information content (AvgIpc) is 3.11. The quantitative estimate of drug-likeness (QED) is 0.599. The zero-order valence-corrected chi connectivity index (χ0v) is 13.5. The van der Waals surface area contributed by atoms with Crippen LogP contribution in [0.25, 0.3) is 22.0 Å². The zero-order chi connectivity index (χ0) is 17.4. The maximum absolute atomic E-state index is 13.1. The third kappa shape index (κ3) is 2.67. The third-order valence-corrected chi connectivity index (χ3v) is 4.10. The number of benzene rings is 1. The van der Waals surface area contributed by atoms with Crippen LogP contribution in [0.2, 0.25) is 0 Å². The first-order chi connectivity index (χ1) is 12.1. The number of halogens is 1. The van der Waals surface area contributed by atoms with E-state index in [1.165, 1.54) is 12.1 Å². The van der Waals surface area contributed by atoms with E-state index in [1.807, 2.05) is 18.2 Å². The summed E-state index contributed by atoms with van der Waals surface area (Å²) < 4.78 is 14.7. The summed E-state index contributed by atoms with van der Waals surface area (Å²) >= 11 is 0. The molecule has 124 valence electrons. The molecule has 0 bridgehead atoms. The van der Waals surface area contributed by atoms with E-state index in [0.717, 1.165) is 22.2 Å². The number of rotatable bonds is 3. The summed E-state index contributed by atoms with van der Waals surface area (Å²) in [5, 5.41) is 4.05. The van der Waals surface area contributed by atoms with Gasteiger partial charge in [0.1, 0.15) is 17.2 Å². The number of hydrogen-bond acceptors (Lipinski definition) is 3. The van der Waals surface area contributed by atoms with Crippen LogP contribution < -0.4 is 10.9 Å². The van der Waals surface area contributed by atoms with Gasteiger partial charge >= 0.3 is 0 Å². The zero-order valence-electron chi connectivity index (χ0n) is 13.5. The minimum atomic E-state index is -0.293. The maximum Gasteiger partial charge on any atom is 0.274 e. The summed E-state index contributed by atoms with van der Waals surface area (Å²) in [5.74, 6) is 0.342. The largest absolute Gasteiger partial charge is 0.357 e. The Morgan fingerprint density at radius 3 is 2.72 bits per heavy atom. The van der Waals surface area contributed by atoms with Gasteiger partial charge in [0, 0.05) is 47.8 Å². The average molecular weight is 334 g/mol. The number of pyridine rings is 2. The van der Waals surface area contributed by atoms with Gasteiger partial charge in [0.25, 0.3) is 5.56 Å². The molecule has 25 heavy (non-hydrogen) atoms. The fourth-order valence-electron chi connectivity index (χ4n) is 2.88. The molecule has 0 aliphatic heterocycles. The van der Waals surface area contributed by atoms with Gasteiger partial charge in [-0.05, 0) is 42.5 Å². The Kier molecular flexibility index (Phi) is 3.57. The molecule has 0 spiro atoms. The molecule has 3 aromatic heterocycles. The highest BCUT2D eigenvalue weighted by molar-refractivity contribution is 5.97. The molecule has 0 fully saturated rings. The van der Waals surface area contributed by atoms with Crippen LogP contribution in [0.3, 0.4) is 0 Å². The van der Waals surface area contributed by atoms with Gasteiger partial charge in [-0.1, -0.05) is 0 Å². The Hall–Kier alpha value is -3.41. The second-order valence-corrected chi connectivity index (χ2v) is 5.76. The number of fused-ring (bicyclic) bond motifs is 1. The summed E-state index contributed by atoms with van der Waals surface area (Å²) in [6.45, 7) is 0. The molecule has 3 heterocycles. The Morgan fingerprint density at radius 2 is 1.92 bits per heavy atom. The number of aryl methyl sites for hydroxylation is 1. The van der Waals surface area contributed by atoms with Gasteiger partial charge in [0.05, 0.1) is 0 Å². The fourth-order valence-corrected chi connectivity index (χ4v) is 2.88. The Bertz CT molecular complexity index is 1110. The monoisotopic (exact) mass is 334 g/mol. The molecule has 0 unspecified atom stereocenters. The summed E-state index contributed by atoms with van der Waals surface area (Å²) in [7, 11) is 1.72. The Balaban J connectivity index is 1.87. The highest BCUT2D eigenvalue weighted by Crippen LogP contribution is 2.32. The highest BCUT2D eigenvalue weighted by atomic mass is 19.1. The molecular formula is C19H15FN4O. The van der Waals surface area contributed by atoms with Gasteiger partial charge in [-0.25, -0.2) is 9.37 Å². The van der Waals surface area contributed by atoms with Gasteiger partial charge in [0.15, 0.2) is 0 Å². The lowest BCUT2D eigenvalue weighted by atomic mass is 10.0. The van der Waals surface area contributed by atoms with Crippen LogP contribution in [0.15, 0.2) is 65.8 Å². The molecule has 5 nitrogen and oxygen atoms in total. The first kappa shape index (κ1) is 15.1. The van der Waals surface area contributed by atoms with Crippen molar-refractivity contribution in [3.63, 3.8) is 0 Å². The van der Waals surface area contributed by atoms with E-state index in [9.17, 15) is 9.18 Å². The lowest BCUT2D eigenvalue weighted by Crippen LogP contribution is -2.16. The van der Waals surface area contributed by atoms with Crippen LogP contribution in [-0.2, 0) is 7.05 Å². The SMILES string of the molecule is Cn1cc(-c2cccnc2Nc2ccc(F)cc2)c2cc[nH]c2c1=O. The van der Waals surface area contributed by atoms with E-state index < -0.39 is 0 Å². The molecule has 1 aromatic carbocycles. The van der Waals surface area contributed by atoms with Crippen LogP contribution >= 0.6 is 0 Å². The van der Waals surface area contributed by atoms with E-state index in [1.54, 1.807) is 42.3 Å². The van der Waals surface area contributed by atoms with Gasteiger partial charge in [0.2, 0.25) is 0 Å². The van der Waals surface area contributed by atoms with Crippen LogP contribution in [-0.4, -0.2) is 14.5 Å². The van der Waals surface area contributed by atoms with E-state index in [4.69, 9.17) is 0 Å². The molecule has 6 heteroatoms. The predicted molar refractivity (Wildman–Crippen MR) is 96.5 cm³/mol. The topological polar surface area (TPSA) is 62.7 Å². The molecule has 0 saturated heterocycles. The molecule has 0 aliphatic rings. The van der Waals surface area contributed by atoms with Crippen molar-refractivity contribution in [3.05, 3.63) is 77.2 Å². The molecule has 4 aromatic rings. The summed E-state index contributed by atoms with van der Waals surface area (Å²) in [6, 6.07) is 11.7. The normalized spacial score (nSPS) is 11.0. The van der Waals surface area contributed by atoms with Crippen molar-refractivity contribution in [1.29, 1.82) is 0 Å². The Labute approximate surface area is 142 Å². The van der Waals surface area contributed by atoms with Crippen LogP contribution in [0.4, 0.5) is 15.9 Å². The second kappa shape index (κ2) is 5.90. The van der Waals surface area contributed by atoms with Crippen molar-refractivity contribution in [2.24, 2.45) is 7.05 Å². The van der Waals surface area contributed by atoms with E-state index in [2.05, 4.69) is 15.3 Å². The van der Waals surface area contributed by atoms with Crippen molar-refractivity contribution in [2.75, 3.05) is 5.32 Å². The van der Waals surface area contributed by atoms with E-state index in [0.29, 0.717) is 11.3 Å². The Morgan fingerprint density at radius 1 is 1.12 bits per heavy atom. The lowest BCUT2D eigenvalue weighted by molar-refractivity contribution is 0.628. The number of nitrogens with zero attached hydrogens (tertiary/aromatic N) is 2. The first-order valence-corrected chi connectivity index (χ1v) is 7.78. The molecular weight excluding hydrogens is 319 g/mol. The predicted octanol–water partition coefficient (Wildman–Crippen LogP) is 3.81. The lowest BCUT2D eigenvalue weighted by Gasteiger charge is -2.13. The molecule has 0 atom stereocenters. The van der Waals surface area contributed by atoms with Gasteiger partial charge in [-0.3, -0.25) is 4.79 Å². The summed E-state index contributed by atoms with van der Waals surface area (Å²) in [6.07, 6.45) is 5.23. The standard InChI is InChI=1S/C19H15FN4O/c1-24-11-16(14-8-10-21-17(14)19(24)25)15-3-2-9-22-18(15)23-13-6-4-12(20)5-7-13/h2-11,21H,1H3,(H,22,23). The van der Waals surface area contributed by atoms with Gasteiger partial charge in [-0.15, -0.1) is 0 Å². The number of aromatic amines is 1. The molecule has 0 saturated carbocycles. The third-order valence-electron chi connectivity index (χ3n) is 4.10. The van der Waals surface area contributed by atoms with Crippen molar-refractivity contribution in [2.45, 2.75) is 0 Å². The highest BCUT2D eigenvalue weighted by Gasteiger charge is 2.13. The van der Waals surface area contributed by atoms with Crippen LogP contribution in [0.1, 0.15) is 0 Å². The maximum atomic E-state index is 13.1. The molecule has 4 rings (SSSR count). The molecule has 2 N–H and O–H groups in total. The molecule has 0 radical (unpaired) electrons. The van der Waals surface area contributed by atoms with Gasteiger partial charge < -0.3 is 14.9 Å². The van der Waals surface area contributed by atoms with Crippen LogP contribution in [0.5, 0.6) is 0 Å². The van der Waals surface area contributed by atoms with Crippen LogP contribution in [0, 0.1) is 5.82 Å². The smallest absolute Gasteiger partial charge is 0.274 e. The molecule has 0 aliphatic carbocycles. The number of H-pyrrole nitrogens is 1. The second-order valence-electron chi connectivity index (χ2n) is 5.76. The number of anilines is 2. The molecule has 0 amide bonds. The van der Waals surface area contributed by atoms with E-state index >= 15 is 0 Å².